The summed E-state index contributed by atoms with van der Waals surface area (Å²) in [5.41, 5.74) is 1.05. The van der Waals surface area contributed by atoms with Crippen LogP contribution < -0.4 is 20.1 Å². The maximum Gasteiger partial charge on any atom is 0.251 e. The van der Waals surface area contributed by atoms with Gasteiger partial charge in [0.1, 0.15) is 5.82 Å². The Kier molecular flexibility index (Phi) is 8.95. The molecule has 0 aliphatic heterocycles. The average molecular weight is 402 g/mol. The smallest absolute Gasteiger partial charge is 0.251 e. The third-order valence-electron chi connectivity index (χ3n) is 3.95. The van der Waals surface area contributed by atoms with E-state index in [2.05, 4.69) is 10.6 Å². The Hall–Kier alpha value is -3.09. The molecule has 0 atom stereocenters. The van der Waals surface area contributed by atoms with E-state index in [1.165, 1.54) is 12.1 Å². The van der Waals surface area contributed by atoms with Gasteiger partial charge in [0.2, 0.25) is 5.91 Å². The van der Waals surface area contributed by atoms with Crippen molar-refractivity contribution in [2.45, 2.75) is 26.7 Å². The minimum atomic E-state index is -0.375. The van der Waals surface area contributed by atoms with Crippen LogP contribution in [0.25, 0.3) is 0 Å². The van der Waals surface area contributed by atoms with E-state index in [4.69, 9.17) is 9.47 Å². The Morgan fingerprint density at radius 3 is 2.48 bits per heavy atom. The molecule has 0 unspecified atom stereocenters. The largest absolute Gasteiger partial charge is 0.490 e. The molecule has 0 spiro atoms. The number of halogens is 1. The van der Waals surface area contributed by atoms with E-state index in [9.17, 15) is 14.0 Å². The molecule has 0 saturated carbocycles. The maximum absolute atomic E-state index is 13.1. The van der Waals surface area contributed by atoms with Crippen LogP contribution in [0.5, 0.6) is 11.5 Å². The van der Waals surface area contributed by atoms with E-state index >= 15 is 0 Å². The molecule has 2 aromatic rings. The zero-order valence-corrected chi connectivity index (χ0v) is 16.8. The number of benzene rings is 2. The first kappa shape index (κ1) is 22.2. The van der Waals surface area contributed by atoms with Gasteiger partial charge in [0.25, 0.3) is 5.91 Å². The minimum absolute atomic E-state index is 0.0860. The molecule has 156 valence electrons. The van der Waals surface area contributed by atoms with Crippen LogP contribution in [-0.4, -0.2) is 38.1 Å². The van der Waals surface area contributed by atoms with Gasteiger partial charge in [-0.2, -0.15) is 0 Å². The predicted molar refractivity (Wildman–Crippen MR) is 109 cm³/mol. The number of amides is 2. The highest BCUT2D eigenvalue weighted by Crippen LogP contribution is 2.28. The lowest BCUT2D eigenvalue weighted by molar-refractivity contribution is -0.120. The lowest BCUT2D eigenvalue weighted by atomic mass is 10.1. The van der Waals surface area contributed by atoms with Gasteiger partial charge in [0.15, 0.2) is 11.5 Å². The van der Waals surface area contributed by atoms with Gasteiger partial charge in [-0.25, -0.2) is 4.39 Å². The van der Waals surface area contributed by atoms with Crippen molar-refractivity contribution < 1.29 is 23.5 Å². The molecule has 0 saturated heterocycles. The van der Waals surface area contributed by atoms with Crippen molar-refractivity contribution in [3.05, 3.63) is 59.4 Å². The third kappa shape index (κ3) is 7.44. The SMILES string of the molecule is CCCOc1ccc(C(=O)NCCNC(=O)Cc2cccc(F)c2)cc1OCC. The van der Waals surface area contributed by atoms with E-state index < -0.39 is 0 Å². The quantitative estimate of drug-likeness (QED) is 0.567. The lowest BCUT2D eigenvalue weighted by Gasteiger charge is -2.13. The molecule has 7 heteroatoms. The van der Waals surface area contributed by atoms with Gasteiger partial charge in [-0.1, -0.05) is 19.1 Å². The highest BCUT2D eigenvalue weighted by molar-refractivity contribution is 5.94. The number of nitrogens with one attached hydrogen (secondary N) is 2. The zero-order valence-electron chi connectivity index (χ0n) is 16.8. The van der Waals surface area contributed by atoms with Crippen molar-refractivity contribution >= 4 is 11.8 Å². The summed E-state index contributed by atoms with van der Waals surface area (Å²) in [5.74, 6) is 0.250. The first-order valence-electron chi connectivity index (χ1n) is 9.72. The fourth-order valence-corrected chi connectivity index (χ4v) is 2.62. The summed E-state index contributed by atoms with van der Waals surface area (Å²) in [6.07, 6.45) is 0.960. The van der Waals surface area contributed by atoms with Crippen molar-refractivity contribution in [1.82, 2.24) is 10.6 Å². The normalized spacial score (nSPS) is 10.3. The first-order chi connectivity index (χ1) is 14.0. The van der Waals surface area contributed by atoms with E-state index in [0.717, 1.165) is 6.42 Å². The van der Waals surface area contributed by atoms with E-state index in [-0.39, 0.29) is 37.1 Å². The summed E-state index contributed by atoms with van der Waals surface area (Å²) in [7, 11) is 0. The van der Waals surface area contributed by atoms with Gasteiger partial charge in [-0.15, -0.1) is 0 Å². The number of hydrogen-bond acceptors (Lipinski definition) is 4. The van der Waals surface area contributed by atoms with Crippen LogP contribution in [0.4, 0.5) is 4.39 Å². The van der Waals surface area contributed by atoms with Crippen LogP contribution in [0, 0.1) is 5.82 Å². The van der Waals surface area contributed by atoms with Crippen molar-refractivity contribution in [3.63, 3.8) is 0 Å². The molecule has 0 bridgehead atoms. The molecule has 2 N–H and O–H groups in total. The summed E-state index contributed by atoms with van der Waals surface area (Å²) in [5, 5.41) is 5.45. The Labute approximate surface area is 170 Å². The monoisotopic (exact) mass is 402 g/mol. The Balaban J connectivity index is 1.81. The van der Waals surface area contributed by atoms with Crippen molar-refractivity contribution in [3.8, 4) is 11.5 Å². The van der Waals surface area contributed by atoms with Crippen LogP contribution in [0.15, 0.2) is 42.5 Å². The summed E-state index contributed by atoms with van der Waals surface area (Å²) in [6, 6.07) is 10.9. The number of hydrogen-bond donors (Lipinski definition) is 2. The second-order valence-corrected chi connectivity index (χ2v) is 6.36. The van der Waals surface area contributed by atoms with Crippen molar-refractivity contribution in [2.75, 3.05) is 26.3 Å². The lowest BCUT2D eigenvalue weighted by Crippen LogP contribution is -2.35. The van der Waals surface area contributed by atoms with Crippen LogP contribution in [0.2, 0.25) is 0 Å². The van der Waals surface area contributed by atoms with Gasteiger partial charge in [-0.3, -0.25) is 9.59 Å². The highest BCUT2D eigenvalue weighted by atomic mass is 19.1. The number of ether oxygens (including phenoxy) is 2. The summed E-state index contributed by atoms with van der Waals surface area (Å²) < 4.78 is 24.3. The van der Waals surface area contributed by atoms with Gasteiger partial charge in [0, 0.05) is 18.7 Å². The zero-order chi connectivity index (χ0) is 21.1. The Morgan fingerprint density at radius 2 is 1.76 bits per heavy atom. The second-order valence-electron chi connectivity index (χ2n) is 6.36. The van der Waals surface area contributed by atoms with Crippen LogP contribution in [0.1, 0.15) is 36.2 Å². The molecular weight excluding hydrogens is 375 g/mol. The average Bonchev–Trinajstić information content (AvgIpc) is 2.70. The molecular formula is C22H27FN2O4. The Morgan fingerprint density at radius 1 is 0.966 bits per heavy atom. The van der Waals surface area contributed by atoms with Gasteiger partial charge < -0.3 is 20.1 Å². The maximum atomic E-state index is 13.1. The van der Waals surface area contributed by atoms with Crippen molar-refractivity contribution in [1.29, 1.82) is 0 Å². The predicted octanol–water partition coefficient (Wildman–Crippen LogP) is 3.10. The van der Waals surface area contributed by atoms with Crippen LogP contribution in [0.3, 0.4) is 0 Å². The minimum Gasteiger partial charge on any atom is -0.490 e. The first-order valence-corrected chi connectivity index (χ1v) is 9.72. The van der Waals surface area contributed by atoms with Gasteiger partial charge in [-0.05, 0) is 49.2 Å². The number of rotatable bonds is 11. The highest BCUT2D eigenvalue weighted by Gasteiger charge is 2.12. The van der Waals surface area contributed by atoms with Gasteiger partial charge >= 0.3 is 0 Å². The third-order valence-corrected chi connectivity index (χ3v) is 3.95. The molecule has 2 aromatic carbocycles. The summed E-state index contributed by atoms with van der Waals surface area (Å²) >= 11 is 0. The fourth-order valence-electron chi connectivity index (χ4n) is 2.62. The molecule has 2 rings (SSSR count). The molecule has 2 amide bonds. The standard InChI is InChI=1S/C22H27FN2O4/c1-3-12-29-19-9-8-17(15-20(19)28-4-2)22(27)25-11-10-24-21(26)14-16-6-5-7-18(23)13-16/h5-9,13,15H,3-4,10-12,14H2,1-2H3,(H,24,26)(H,25,27). The summed E-state index contributed by atoms with van der Waals surface area (Å²) in [4.78, 5) is 24.2. The van der Waals surface area contributed by atoms with Crippen LogP contribution >= 0.6 is 0 Å². The van der Waals surface area contributed by atoms with Gasteiger partial charge in [0.05, 0.1) is 19.6 Å². The molecule has 0 aliphatic rings. The molecule has 0 radical (unpaired) electrons. The van der Waals surface area contributed by atoms with Crippen LogP contribution in [-0.2, 0) is 11.2 Å². The molecule has 29 heavy (non-hydrogen) atoms. The summed E-state index contributed by atoms with van der Waals surface area (Å²) in [6.45, 7) is 5.45. The van der Waals surface area contributed by atoms with E-state index in [1.807, 2.05) is 13.8 Å². The topological polar surface area (TPSA) is 76.7 Å². The molecule has 6 nitrogen and oxygen atoms in total. The van der Waals surface area contributed by atoms with Crippen molar-refractivity contribution in [2.24, 2.45) is 0 Å². The van der Waals surface area contributed by atoms with E-state index in [1.54, 1.807) is 30.3 Å². The number of carbonyl (C=O) groups excluding carboxylic acids is 2. The Bertz CT molecular complexity index is 826. The molecule has 0 heterocycles. The fraction of sp³-hybridized carbons (Fsp3) is 0.364. The molecule has 0 aliphatic carbocycles. The van der Waals surface area contributed by atoms with E-state index in [0.29, 0.717) is 35.8 Å². The molecule has 0 aromatic heterocycles. The molecule has 0 fully saturated rings. The second kappa shape index (κ2) is 11.7. The number of carbonyl (C=O) groups is 2.